The second kappa shape index (κ2) is 9.99. The number of benzene rings is 1. The number of halogens is 1. The first-order chi connectivity index (χ1) is 15.1. The molecule has 31 heavy (non-hydrogen) atoms. The Balaban J connectivity index is 1.54. The van der Waals surface area contributed by atoms with Crippen LogP contribution >= 0.6 is 39.0 Å². The van der Waals surface area contributed by atoms with Gasteiger partial charge in [0.25, 0.3) is 5.91 Å². The largest absolute Gasteiger partial charge is 0.272 e. The Morgan fingerprint density at radius 2 is 1.94 bits per heavy atom. The molecule has 3 heterocycles. The van der Waals surface area contributed by atoms with Crippen molar-refractivity contribution in [3.05, 3.63) is 75.7 Å². The fourth-order valence-corrected chi connectivity index (χ4v) is 4.41. The minimum atomic E-state index is -0.211. The van der Waals surface area contributed by atoms with E-state index >= 15 is 0 Å². The van der Waals surface area contributed by atoms with Crippen molar-refractivity contribution in [1.82, 2.24) is 25.2 Å². The zero-order valence-electron chi connectivity index (χ0n) is 16.4. The monoisotopic (exact) mass is 512 g/mol. The van der Waals surface area contributed by atoms with E-state index in [-0.39, 0.29) is 11.7 Å². The molecule has 4 aromatic rings. The number of pyridine rings is 1. The summed E-state index contributed by atoms with van der Waals surface area (Å²) in [4.78, 5) is 17.4. The van der Waals surface area contributed by atoms with E-state index in [4.69, 9.17) is 0 Å². The highest BCUT2D eigenvalue weighted by Gasteiger charge is 2.17. The topological polar surface area (TPSA) is 85.1 Å². The van der Waals surface area contributed by atoms with E-state index in [1.807, 2.05) is 65.4 Å². The number of carbonyl (C=O) groups excluding carboxylic acids is 1. The van der Waals surface area contributed by atoms with Gasteiger partial charge in [0.1, 0.15) is 0 Å². The molecule has 1 amide bonds. The number of thiophene rings is 1. The van der Waals surface area contributed by atoms with Crippen LogP contribution in [-0.2, 0) is 4.79 Å². The summed E-state index contributed by atoms with van der Waals surface area (Å²) in [5, 5.41) is 15.5. The lowest BCUT2D eigenvalue weighted by Crippen LogP contribution is -2.21. The van der Waals surface area contributed by atoms with E-state index in [0.29, 0.717) is 11.0 Å². The normalized spacial score (nSPS) is 11.5. The summed E-state index contributed by atoms with van der Waals surface area (Å²) in [6.45, 7) is 1.87. The average Bonchev–Trinajstić information content (AvgIpc) is 3.48. The molecule has 7 nitrogen and oxygen atoms in total. The van der Waals surface area contributed by atoms with Crippen molar-refractivity contribution in [3.8, 4) is 17.1 Å². The van der Waals surface area contributed by atoms with Gasteiger partial charge in [-0.2, -0.15) is 5.10 Å². The van der Waals surface area contributed by atoms with Crippen molar-refractivity contribution in [2.24, 2.45) is 5.10 Å². The first-order valence-corrected chi connectivity index (χ1v) is 11.9. The van der Waals surface area contributed by atoms with Crippen LogP contribution in [0.1, 0.15) is 11.8 Å². The van der Waals surface area contributed by atoms with Crippen LogP contribution in [0.15, 0.2) is 81.0 Å². The van der Waals surface area contributed by atoms with Crippen molar-refractivity contribution in [2.75, 3.05) is 5.75 Å². The highest BCUT2D eigenvalue weighted by atomic mass is 79.9. The summed E-state index contributed by atoms with van der Waals surface area (Å²) in [7, 11) is 0. The quantitative estimate of drug-likeness (QED) is 0.218. The molecule has 0 unspecified atom stereocenters. The third kappa shape index (κ3) is 5.27. The van der Waals surface area contributed by atoms with E-state index in [0.717, 1.165) is 26.3 Å². The Hall–Kier alpha value is -2.82. The highest BCUT2D eigenvalue weighted by molar-refractivity contribution is 9.10. The van der Waals surface area contributed by atoms with Crippen LogP contribution in [0.4, 0.5) is 0 Å². The second-order valence-corrected chi connectivity index (χ2v) is 9.16. The Morgan fingerprint density at radius 3 is 2.65 bits per heavy atom. The smallest absolute Gasteiger partial charge is 0.250 e. The molecule has 0 aliphatic carbocycles. The number of hydrogen-bond acceptors (Lipinski definition) is 7. The minimum absolute atomic E-state index is 0.159. The summed E-state index contributed by atoms with van der Waals surface area (Å²) >= 11 is 6.34. The Kier molecular flexibility index (Phi) is 6.90. The van der Waals surface area contributed by atoms with Gasteiger partial charge in [0.2, 0.25) is 0 Å². The molecule has 0 spiro atoms. The lowest BCUT2D eigenvalue weighted by atomic mass is 10.2. The molecule has 0 fully saturated rings. The van der Waals surface area contributed by atoms with Gasteiger partial charge in [-0.1, -0.05) is 33.8 Å². The van der Waals surface area contributed by atoms with Crippen LogP contribution in [-0.4, -0.2) is 37.1 Å². The Bertz CT molecular complexity index is 1190. The van der Waals surface area contributed by atoms with Gasteiger partial charge in [0.15, 0.2) is 11.0 Å². The molecule has 0 bridgehead atoms. The maximum Gasteiger partial charge on any atom is 0.250 e. The van der Waals surface area contributed by atoms with E-state index in [1.165, 1.54) is 11.8 Å². The molecular formula is C21H17BrN6OS2. The van der Waals surface area contributed by atoms with Gasteiger partial charge in [-0.3, -0.25) is 14.3 Å². The molecule has 4 rings (SSSR count). The van der Waals surface area contributed by atoms with E-state index in [2.05, 4.69) is 41.6 Å². The summed E-state index contributed by atoms with van der Waals surface area (Å²) in [6, 6.07) is 15.5. The number of carbonyl (C=O) groups is 1. The van der Waals surface area contributed by atoms with Crippen molar-refractivity contribution in [2.45, 2.75) is 12.1 Å². The van der Waals surface area contributed by atoms with Crippen LogP contribution < -0.4 is 5.43 Å². The van der Waals surface area contributed by atoms with Crippen molar-refractivity contribution < 1.29 is 4.79 Å². The number of thioether (sulfide) groups is 1. The van der Waals surface area contributed by atoms with Crippen molar-refractivity contribution in [3.63, 3.8) is 0 Å². The van der Waals surface area contributed by atoms with Crippen molar-refractivity contribution in [1.29, 1.82) is 0 Å². The number of aromatic nitrogens is 4. The maximum absolute atomic E-state index is 12.4. The Morgan fingerprint density at radius 1 is 1.16 bits per heavy atom. The number of nitrogens with zero attached hydrogens (tertiary/aromatic N) is 5. The molecule has 0 saturated carbocycles. The lowest BCUT2D eigenvalue weighted by molar-refractivity contribution is -0.118. The average molecular weight is 513 g/mol. The first kappa shape index (κ1) is 21.4. The molecule has 0 saturated heterocycles. The number of hydrazone groups is 1. The number of rotatable bonds is 7. The van der Waals surface area contributed by atoms with Crippen LogP contribution in [0.5, 0.6) is 0 Å². The van der Waals surface area contributed by atoms with Crippen LogP contribution in [0.3, 0.4) is 0 Å². The van der Waals surface area contributed by atoms with E-state index < -0.39 is 0 Å². The van der Waals surface area contributed by atoms with Gasteiger partial charge in [-0.25, -0.2) is 5.43 Å². The number of hydrogen-bond donors (Lipinski definition) is 1. The third-order valence-corrected chi connectivity index (χ3v) is 6.65. The second-order valence-electron chi connectivity index (χ2n) is 6.35. The molecule has 3 aromatic heterocycles. The summed E-state index contributed by atoms with van der Waals surface area (Å²) in [5.41, 5.74) is 5.16. The first-order valence-electron chi connectivity index (χ1n) is 9.23. The summed E-state index contributed by atoms with van der Waals surface area (Å²) in [6.07, 6.45) is 3.42. The van der Waals surface area contributed by atoms with Gasteiger partial charge in [-0.05, 0) is 54.8 Å². The zero-order chi connectivity index (χ0) is 21.6. The molecule has 156 valence electrons. The van der Waals surface area contributed by atoms with Gasteiger partial charge < -0.3 is 0 Å². The van der Waals surface area contributed by atoms with E-state index in [9.17, 15) is 4.79 Å². The zero-order valence-corrected chi connectivity index (χ0v) is 19.6. The number of amides is 1. The maximum atomic E-state index is 12.4. The fourth-order valence-electron chi connectivity index (χ4n) is 2.72. The van der Waals surface area contributed by atoms with Crippen LogP contribution in [0.25, 0.3) is 17.1 Å². The molecule has 0 atom stereocenters. The Labute approximate surface area is 195 Å². The van der Waals surface area contributed by atoms with E-state index in [1.54, 1.807) is 23.7 Å². The van der Waals surface area contributed by atoms with Gasteiger partial charge >= 0.3 is 0 Å². The summed E-state index contributed by atoms with van der Waals surface area (Å²) in [5.74, 6) is 0.627. The molecule has 10 heteroatoms. The molecule has 1 N–H and O–H groups in total. The highest BCUT2D eigenvalue weighted by Crippen LogP contribution is 2.28. The molecule has 0 aliphatic rings. The number of nitrogens with one attached hydrogen (secondary N) is 1. The molecule has 0 radical (unpaired) electrons. The van der Waals surface area contributed by atoms with Gasteiger partial charge in [0, 0.05) is 33.0 Å². The van der Waals surface area contributed by atoms with Gasteiger partial charge in [0.05, 0.1) is 11.5 Å². The lowest BCUT2D eigenvalue weighted by Gasteiger charge is -2.10. The van der Waals surface area contributed by atoms with Crippen LogP contribution in [0.2, 0.25) is 0 Å². The molecular weight excluding hydrogens is 496 g/mol. The summed E-state index contributed by atoms with van der Waals surface area (Å²) < 4.78 is 2.90. The standard InChI is InChI=1S/C21H17BrN6OS2/c1-14(18-3-2-12-30-18)24-25-19(29)13-31-21-27-26-20(15-8-10-23-11-9-15)28(21)17-6-4-16(22)5-7-17/h2-12H,13H2,1H3,(H,25,29)/b24-14+. The predicted octanol–water partition coefficient (Wildman–Crippen LogP) is 4.79. The minimum Gasteiger partial charge on any atom is -0.272 e. The SMILES string of the molecule is C/C(=N\NC(=O)CSc1nnc(-c2ccncc2)n1-c1ccc(Br)cc1)c1cccs1. The third-order valence-electron chi connectivity index (χ3n) is 4.22. The van der Waals surface area contributed by atoms with Gasteiger partial charge in [-0.15, -0.1) is 21.5 Å². The van der Waals surface area contributed by atoms with Crippen molar-refractivity contribution >= 4 is 50.6 Å². The fraction of sp³-hybridized carbons (Fsp3) is 0.0952. The molecule has 1 aromatic carbocycles. The molecule has 0 aliphatic heterocycles. The van der Waals surface area contributed by atoms with Crippen LogP contribution in [0, 0.1) is 0 Å². The predicted molar refractivity (Wildman–Crippen MR) is 128 cm³/mol.